The summed E-state index contributed by atoms with van der Waals surface area (Å²) < 4.78 is 10.9. The summed E-state index contributed by atoms with van der Waals surface area (Å²) in [5.74, 6) is 1.10. The van der Waals surface area contributed by atoms with Crippen LogP contribution in [0.5, 0.6) is 5.75 Å². The minimum Gasteiger partial charge on any atom is -0.491 e. The van der Waals surface area contributed by atoms with Gasteiger partial charge in [0, 0.05) is 39.5 Å². The van der Waals surface area contributed by atoms with Crippen LogP contribution in [-0.2, 0) is 14.3 Å². The smallest absolute Gasteiger partial charge is 0.277 e. The molecule has 0 radical (unpaired) electrons. The number of hydrogen-bond donors (Lipinski definition) is 0. The van der Waals surface area contributed by atoms with Crippen LogP contribution >= 0.6 is 0 Å². The second kappa shape index (κ2) is 10.0. The Hall–Kier alpha value is -3.39. The van der Waals surface area contributed by atoms with E-state index in [4.69, 9.17) is 9.47 Å². The molecule has 174 valence electrons. The predicted molar refractivity (Wildman–Crippen MR) is 126 cm³/mol. The molecule has 0 bridgehead atoms. The molecule has 3 heterocycles. The quantitative estimate of drug-likeness (QED) is 0.572. The number of carbonyl (C=O) groups excluding carboxylic acids is 2. The lowest BCUT2D eigenvalue weighted by Crippen LogP contribution is -2.48. The van der Waals surface area contributed by atoms with Crippen molar-refractivity contribution < 1.29 is 19.1 Å². The number of hydrogen-bond acceptors (Lipinski definition) is 7. The summed E-state index contributed by atoms with van der Waals surface area (Å²) in [6.07, 6.45) is 1.84. The molecule has 2 aliphatic rings. The first-order chi connectivity index (χ1) is 16.0. The Morgan fingerprint density at radius 1 is 0.939 bits per heavy atom. The molecule has 0 atom stereocenters. The van der Waals surface area contributed by atoms with Gasteiger partial charge in [0.1, 0.15) is 17.3 Å². The highest BCUT2D eigenvalue weighted by Crippen LogP contribution is 2.33. The fourth-order valence-electron chi connectivity index (χ4n) is 4.17. The van der Waals surface area contributed by atoms with E-state index in [-0.39, 0.29) is 24.5 Å². The van der Waals surface area contributed by atoms with Gasteiger partial charge in [-0.2, -0.15) is 0 Å². The molecule has 1 saturated heterocycles. The van der Waals surface area contributed by atoms with Gasteiger partial charge in [0.15, 0.2) is 0 Å². The number of piperazine rings is 1. The first-order valence-corrected chi connectivity index (χ1v) is 11.3. The van der Waals surface area contributed by atoms with E-state index in [1.54, 1.807) is 13.3 Å². The fraction of sp³-hybridized carbons (Fsp3) is 0.400. The van der Waals surface area contributed by atoms with Crippen molar-refractivity contribution in [2.45, 2.75) is 20.0 Å². The average molecular weight is 451 g/mol. The first kappa shape index (κ1) is 22.8. The highest BCUT2D eigenvalue weighted by molar-refractivity contribution is 6.35. The van der Waals surface area contributed by atoms with Crippen LogP contribution in [0.1, 0.15) is 19.4 Å². The number of ether oxygens (including phenoxy) is 2. The van der Waals surface area contributed by atoms with E-state index in [1.165, 1.54) is 4.90 Å². The average Bonchev–Trinajstić information content (AvgIpc) is 3.08. The third-order valence-corrected chi connectivity index (χ3v) is 5.75. The van der Waals surface area contributed by atoms with Crippen molar-refractivity contribution in [3.63, 3.8) is 0 Å². The van der Waals surface area contributed by atoms with Crippen molar-refractivity contribution in [1.82, 2.24) is 14.8 Å². The van der Waals surface area contributed by atoms with Crippen molar-refractivity contribution in [2.75, 3.05) is 51.3 Å². The van der Waals surface area contributed by atoms with E-state index in [1.807, 2.05) is 61.2 Å². The number of anilines is 1. The van der Waals surface area contributed by atoms with Gasteiger partial charge >= 0.3 is 0 Å². The lowest BCUT2D eigenvalue weighted by molar-refractivity contribution is -0.138. The molecule has 8 heteroatoms. The number of benzene rings is 1. The number of nitrogens with zero attached hydrogens (tertiary/aromatic N) is 4. The molecule has 0 spiro atoms. The zero-order valence-electron chi connectivity index (χ0n) is 19.4. The highest BCUT2D eigenvalue weighted by Gasteiger charge is 2.42. The zero-order chi connectivity index (χ0) is 23.4. The molecule has 1 fully saturated rings. The standard InChI is InChI=1S/C25H30N4O4/c1-18(2)33-20-9-7-19(8-10-20)22-23(25(31)29(24(22)30)16-17-32-3)28-14-12-27(13-15-28)21-6-4-5-11-26-21/h4-11,18H,12-17H2,1-3H3. The molecule has 2 amide bonds. The van der Waals surface area contributed by atoms with Gasteiger partial charge in [-0.1, -0.05) is 18.2 Å². The molecule has 0 unspecified atom stereocenters. The molecule has 2 aliphatic heterocycles. The van der Waals surface area contributed by atoms with Crippen molar-refractivity contribution in [2.24, 2.45) is 0 Å². The Balaban J connectivity index is 1.61. The van der Waals surface area contributed by atoms with Gasteiger partial charge in [-0.3, -0.25) is 14.5 Å². The minimum atomic E-state index is -0.281. The van der Waals surface area contributed by atoms with Crippen LogP contribution in [-0.4, -0.2) is 79.1 Å². The third-order valence-electron chi connectivity index (χ3n) is 5.75. The van der Waals surface area contributed by atoms with Gasteiger partial charge in [0.05, 0.1) is 24.8 Å². The molecule has 0 aliphatic carbocycles. The Morgan fingerprint density at radius 2 is 1.64 bits per heavy atom. The van der Waals surface area contributed by atoms with Crippen LogP contribution < -0.4 is 9.64 Å². The van der Waals surface area contributed by atoms with Crippen LogP contribution in [0.3, 0.4) is 0 Å². The van der Waals surface area contributed by atoms with E-state index in [9.17, 15) is 9.59 Å². The van der Waals surface area contributed by atoms with E-state index < -0.39 is 0 Å². The lowest BCUT2D eigenvalue weighted by atomic mass is 10.0. The van der Waals surface area contributed by atoms with Crippen molar-refractivity contribution in [3.05, 3.63) is 59.9 Å². The summed E-state index contributed by atoms with van der Waals surface area (Å²) in [6, 6.07) is 13.2. The van der Waals surface area contributed by atoms with Gasteiger partial charge in [0.25, 0.3) is 11.8 Å². The van der Waals surface area contributed by atoms with Gasteiger partial charge < -0.3 is 19.3 Å². The lowest BCUT2D eigenvalue weighted by Gasteiger charge is -2.37. The van der Waals surface area contributed by atoms with Crippen LogP contribution in [0.25, 0.3) is 5.57 Å². The summed E-state index contributed by atoms with van der Waals surface area (Å²) in [5.41, 5.74) is 1.62. The van der Waals surface area contributed by atoms with Crippen molar-refractivity contribution in [1.29, 1.82) is 0 Å². The highest BCUT2D eigenvalue weighted by atomic mass is 16.5. The van der Waals surface area contributed by atoms with E-state index in [0.717, 1.165) is 11.6 Å². The third kappa shape index (κ3) is 4.85. The SMILES string of the molecule is COCCN1C(=O)C(c2ccc(OC(C)C)cc2)=C(N2CCN(c3ccccn3)CC2)C1=O. The fourth-order valence-corrected chi connectivity index (χ4v) is 4.17. The summed E-state index contributed by atoms with van der Waals surface area (Å²) in [5, 5.41) is 0. The maximum absolute atomic E-state index is 13.4. The first-order valence-electron chi connectivity index (χ1n) is 11.3. The number of imide groups is 1. The molecule has 1 aromatic heterocycles. The molecule has 2 aromatic rings. The normalized spacial score (nSPS) is 16.9. The molecular formula is C25H30N4O4. The molecule has 8 nitrogen and oxygen atoms in total. The Morgan fingerprint density at radius 3 is 2.24 bits per heavy atom. The van der Waals surface area contributed by atoms with Crippen LogP contribution in [0, 0.1) is 0 Å². The number of carbonyl (C=O) groups is 2. The number of amides is 2. The number of rotatable bonds is 8. The number of methoxy groups -OCH3 is 1. The Labute approximate surface area is 194 Å². The summed E-state index contributed by atoms with van der Waals surface area (Å²) in [4.78, 5) is 36.6. The minimum absolute atomic E-state index is 0.0558. The van der Waals surface area contributed by atoms with Gasteiger partial charge in [-0.05, 0) is 43.7 Å². The predicted octanol–water partition coefficient (Wildman–Crippen LogP) is 2.42. The number of pyridine rings is 1. The maximum atomic E-state index is 13.4. The topological polar surface area (TPSA) is 75.2 Å². The second-order valence-corrected chi connectivity index (χ2v) is 8.33. The van der Waals surface area contributed by atoms with Gasteiger partial charge in [-0.25, -0.2) is 4.98 Å². The van der Waals surface area contributed by atoms with Crippen LogP contribution in [0.4, 0.5) is 5.82 Å². The van der Waals surface area contributed by atoms with Gasteiger partial charge in [-0.15, -0.1) is 0 Å². The zero-order valence-corrected chi connectivity index (χ0v) is 19.4. The van der Waals surface area contributed by atoms with E-state index in [0.29, 0.717) is 49.6 Å². The monoisotopic (exact) mass is 450 g/mol. The summed E-state index contributed by atoms with van der Waals surface area (Å²) in [6.45, 7) is 7.14. The van der Waals surface area contributed by atoms with Crippen molar-refractivity contribution >= 4 is 23.2 Å². The van der Waals surface area contributed by atoms with Crippen LogP contribution in [0.15, 0.2) is 54.4 Å². The van der Waals surface area contributed by atoms with Gasteiger partial charge in [0.2, 0.25) is 0 Å². The second-order valence-electron chi connectivity index (χ2n) is 8.33. The molecule has 1 aromatic carbocycles. The maximum Gasteiger partial charge on any atom is 0.277 e. The summed E-state index contributed by atoms with van der Waals surface area (Å²) in [7, 11) is 1.56. The molecule has 4 rings (SSSR count). The molecule has 0 N–H and O–H groups in total. The van der Waals surface area contributed by atoms with Crippen molar-refractivity contribution in [3.8, 4) is 5.75 Å². The van der Waals surface area contributed by atoms with E-state index in [2.05, 4.69) is 9.88 Å². The Kier molecular flexibility index (Phi) is 6.93. The summed E-state index contributed by atoms with van der Waals surface area (Å²) >= 11 is 0. The number of aromatic nitrogens is 1. The Bertz CT molecular complexity index is 1010. The van der Waals surface area contributed by atoms with E-state index >= 15 is 0 Å². The van der Waals surface area contributed by atoms with Crippen LogP contribution in [0.2, 0.25) is 0 Å². The molecule has 0 saturated carbocycles. The molecule has 33 heavy (non-hydrogen) atoms. The largest absolute Gasteiger partial charge is 0.491 e. The molecular weight excluding hydrogens is 420 g/mol.